The van der Waals surface area contributed by atoms with Crippen molar-refractivity contribution >= 4 is 5.91 Å². The number of pyridine rings is 1. The molecule has 0 N–H and O–H groups in total. The van der Waals surface area contributed by atoms with Crippen molar-refractivity contribution in [3.8, 4) is 5.75 Å². The number of hydrogen-bond acceptors (Lipinski definition) is 4. The van der Waals surface area contributed by atoms with Gasteiger partial charge in [-0.05, 0) is 39.7 Å². The van der Waals surface area contributed by atoms with Gasteiger partial charge in [0, 0.05) is 18.3 Å². The van der Waals surface area contributed by atoms with Crippen molar-refractivity contribution in [2.45, 2.75) is 65.7 Å². The quantitative estimate of drug-likeness (QED) is 0.668. The predicted molar refractivity (Wildman–Crippen MR) is 115 cm³/mol. The average molecular weight is 398 g/mol. The Morgan fingerprint density at radius 2 is 1.76 bits per heavy atom. The first-order valence-corrected chi connectivity index (χ1v) is 10.3. The Kier molecular flexibility index (Phi) is 6.01. The number of benzene rings is 1. The molecule has 1 aliphatic rings. The van der Waals surface area contributed by atoms with Crippen LogP contribution >= 0.6 is 0 Å². The van der Waals surface area contributed by atoms with Crippen LogP contribution in [0.25, 0.3) is 0 Å². The van der Waals surface area contributed by atoms with Crippen LogP contribution in [-0.2, 0) is 6.54 Å². The van der Waals surface area contributed by atoms with Gasteiger partial charge in [0.25, 0.3) is 5.91 Å². The van der Waals surface area contributed by atoms with Gasteiger partial charge in [-0.1, -0.05) is 43.7 Å². The van der Waals surface area contributed by atoms with Crippen molar-refractivity contribution in [3.05, 3.63) is 64.1 Å². The summed E-state index contributed by atoms with van der Waals surface area (Å²) in [6.45, 7) is 11.1. The van der Waals surface area contributed by atoms with E-state index in [0.717, 1.165) is 18.4 Å². The maximum atomic E-state index is 13.5. The van der Waals surface area contributed by atoms with Gasteiger partial charge in [-0.15, -0.1) is 0 Å². The third-order valence-corrected chi connectivity index (χ3v) is 5.37. The maximum absolute atomic E-state index is 13.5. The van der Waals surface area contributed by atoms with Crippen LogP contribution in [0.3, 0.4) is 0 Å². The highest BCUT2D eigenvalue weighted by molar-refractivity contribution is 5.97. The molecule has 3 rings (SSSR count). The molecule has 0 bridgehead atoms. The summed E-state index contributed by atoms with van der Waals surface area (Å²) in [5.41, 5.74) is 0.571. The SMILES string of the molecule is CCCCOc1c2n(ccc1=O)N(Cc1ccccc1)C(C)(C)N(C(C)C)C2=O. The summed E-state index contributed by atoms with van der Waals surface area (Å²) in [7, 11) is 0. The molecule has 29 heavy (non-hydrogen) atoms. The molecule has 0 saturated carbocycles. The van der Waals surface area contributed by atoms with Crippen LogP contribution in [0.5, 0.6) is 5.75 Å². The number of aromatic nitrogens is 1. The Bertz CT molecular complexity index is 919. The lowest BCUT2D eigenvalue weighted by molar-refractivity contribution is 0.0243. The number of unbranched alkanes of at least 4 members (excludes halogenated alkanes) is 1. The van der Waals surface area contributed by atoms with Crippen molar-refractivity contribution < 1.29 is 9.53 Å². The fourth-order valence-corrected chi connectivity index (χ4v) is 4.01. The highest BCUT2D eigenvalue weighted by atomic mass is 16.5. The summed E-state index contributed by atoms with van der Waals surface area (Å²) in [4.78, 5) is 28.0. The molecule has 6 heteroatoms. The molecular weight excluding hydrogens is 366 g/mol. The Labute approximate surface area is 172 Å². The number of hydrogen-bond donors (Lipinski definition) is 0. The van der Waals surface area contributed by atoms with Gasteiger partial charge in [0.15, 0.2) is 11.4 Å². The normalized spacial score (nSPS) is 15.6. The summed E-state index contributed by atoms with van der Waals surface area (Å²) in [6, 6.07) is 11.6. The van der Waals surface area contributed by atoms with E-state index in [1.165, 1.54) is 6.07 Å². The molecule has 1 amide bonds. The minimum Gasteiger partial charge on any atom is -0.487 e. The molecule has 2 heterocycles. The van der Waals surface area contributed by atoms with Gasteiger partial charge in [-0.3, -0.25) is 19.3 Å². The molecule has 0 saturated heterocycles. The third kappa shape index (κ3) is 3.88. The number of carbonyl (C=O) groups is 1. The van der Waals surface area contributed by atoms with Gasteiger partial charge in [-0.25, -0.2) is 0 Å². The summed E-state index contributed by atoms with van der Waals surface area (Å²) < 4.78 is 7.64. The van der Waals surface area contributed by atoms with Crippen LogP contribution < -0.4 is 15.2 Å². The highest BCUT2D eigenvalue weighted by Gasteiger charge is 2.46. The van der Waals surface area contributed by atoms with E-state index in [0.29, 0.717) is 18.8 Å². The Hall–Kier alpha value is -2.76. The van der Waals surface area contributed by atoms with Crippen LogP contribution in [0.4, 0.5) is 0 Å². The Morgan fingerprint density at radius 1 is 1.07 bits per heavy atom. The predicted octanol–water partition coefficient (Wildman–Crippen LogP) is 3.77. The second-order valence-electron chi connectivity index (χ2n) is 8.21. The molecular formula is C23H31N3O3. The van der Waals surface area contributed by atoms with Crippen molar-refractivity contribution in [1.82, 2.24) is 9.58 Å². The van der Waals surface area contributed by atoms with Gasteiger partial charge in [0.2, 0.25) is 5.43 Å². The van der Waals surface area contributed by atoms with Gasteiger partial charge < -0.3 is 9.64 Å². The zero-order valence-corrected chi connectivity index (χ0v) is 18.0. The molecule has 156 valence electrons. The number of rotatable bonds is 7. The lowest BCUT2D eigenvalue weighted by atomic mass is 10.0. The number of amides is 1. The molecule has 0 radical (unpaired) electrons. The summed E-state index contributed by atoms with van der Waals surface area (Å²) in [6.07, 6.45) is 3.47. The first-order chi connectivity index (χ1) is 13.8. The minimum absolute atomic E-state index is 0.0386. The third-order valence-electron chi connectivity index (χ3n) is 5.37. The lowest BCUT2D eigenvalue weighted by Gasteiger charge is -2.54. The fourth-order valence-electron chi connectivity index (χ4n) is 4.01. The molecule has 0 fully saturated rings. The second-order valence-corrected chi connectivity index (χ2v) is 8.21. The van der Waals surface area contributed by atoms with Crippen molar-refractivity contribution in [3.63, 3.8) is 0 Å². The average Bonchev–Trinajstić information content (AvgIpc) is 2.67. The van der Waals surface area contributed by atoms with Gasteiger partial charge in [0.05, 0.1) is 13.2 Å². The van der Waals surface area contributed by atoms with E-state index in [1.54, 1.807) is 10.9 Å². The van der Waals surface area contributed by atoms with E-state index in [2.05, 4.69) is 24.1 Å². The van der Waals surface area contributed by atoms with E-state index >= 15 is 0 Å². The number of ether oxygens (including phenoxy) is 1. The number of fused-ring (bicyclic) bond motifs is 1. The summed E-state index contributed by atoms with van der Waals surface area (Å²) >= 11 is 0. The molecule has 0 aliphatic carbocycles. The zero-order valence-electron chi connectivity index (χ0n) is 18.0. The lowest BCUT2D eigenvalue weighted by Crippen LogP contribution is -2.68. The molecule has 0 spiro atoms. The van der Waals surface area contributed by atoms with Crippen LogP contribution in [0.2, 0.25) is 0 Å². The van der Waals surface area contributed by atoms with E-state index in [9.17, 15) is 9.59 Å². The first kappa shape index (κ1) is 21.0. The van der Waals surface area contributed by atoms with Crippen molar-refractivity contribution in [1.29, 1.82) is 0 Å². The largest absolute Gasteiger partial charge is 0.487 e. The Balaban J connectivity index is 2.16. The Morgan fingerprint density at radius 3 is 2.38 bits per heavy atom. The minimum atomic E-state index is -0.593. The van der Waals surface area contributed by atoms with Crippen molar-refractivity contribution in [2.75, 3.05) is 11.6 Å². The first-order valence-electron chi connectivity index (χ1n) is 10.3. The maximum Gasteiger partial charge on any atom is 0.278 e. The molecule has 6 nitrogen and oxygen atoms in total. The smallest absolute Gasteiger partial charge is 0.278 e. The van der Waals surface area contributed by atoms with Gasteiger partial charge >= 0.3 is 0 Å². The van der Waals surface area contributed by atoms with Crippen LogP contribution in [0, 0.1) is 0 Å². The second kappa shape index (κ2) is 8.31. The van der Waals surface area contributed by atoms with E-state index in [1.807, 2.05) is 50.8 Å². The monoisotopic (exact) mass is 397 g/mol. The molecule has 1 aromatic carbocycles. The van der Waals surface area contributed by atoms with E-state index < -0.39 is 5.66 Å². The number of nitrogens with zero attached hydrogens (tertiary/aromatic N) is 3. The molecule has 0 unspecified atom stereocenters. The van der Waals surface area contributed by atoms with Gasteiger partial charge in [-0.2, -0.15) is 0 Å². The zero-order chi connectivity index (χ0) is 21.2. The standard InChI is InChI=1S/C23H31N3O3/c1-6-7-15-29-21-19(27)13-14-24-20(21)22(28)26(17(2)3)23(4,5)25(24)16-18-11-9-8-10-12-18/h8-14,17H,6-7,15-16H2,1-5H3. The van der Waals surface area contributed by atoms with Gasteiger partial charge in [0.1, 0.15) is 5.66 Å². The molecule has 0 atom stereocenters. The summed E-state index contributed by atoms with van der Waals surface area (Å²) in [5, 5.41) is 2.12. The fraction of sp³-hybridized carbons (Fsp3) is 0.478. The van der Waals surface area contributed by atoms with E-state index in [4.69, 9.17) is 4.74 Å². The number of carbonyl (C=O) groups excluding carboxylic acids is 1. The molecule has 1 aromatic heterocycles. The topological polar surface area (TPSA) is 54.8 Å². The van der Waals surface area contributed by atoms with Crippen molar-refractivity contribution in [2.24, 2.45) is 0 Å². The molecule has 2 aromatic rings. The van der Waals surface area contributed by atoms with Crippen LogP contribution in [0.1, 0.15) is 63.5 Å². The summed E-state index contributed by atoms with van der Waals surface area (Å²) in [5.74, 6) is -0.0383. The van der Waals surface area contributed by atoms with Crippen LogP contribution in [-0.4, -0.2) is 33.8 Å². The van der Waals surface area contributed by atoms with E-state index in [-0.39, 0.29) is 23.1 Å². The highest BCUT2D eigenvalue weighted by Crippen LogP contribution is 2.33. The van der Waals surface area contributed by atoms with Crippen LogP contribution in [0.15, 0.2) is 47.4 Å². The molecule has 1 aliphatic heterocycles.